The van der Waals surface area contributed by atoms with E-state index in [0.717, 1.165) is 5.69 Å². The fraction of sp³-hybridized carbons (Fsp3) is 0.571. The second kappa shape index (κ2) is 51.2. The minimum atomic E-state index is 0. The first-order valence-electron chi connectivity index (χ1n) is 14.0. The Hall–Kier alpha value is -2.55. The van der Waals surface area contributed by atoms with Crippen LogP contribution in [0.3, 0.4) is 0 Å². The van der Waals surface area contributed by atoms with Crippen molar-refractivity contribution in [1.82, 2.24) is 15.0 Å². The van der Waals surface area contributed by atoms with Crippen LogP contribution in [0.15, 0.2) is 55.2 Å². The molecule has 3 aromatic heterocycles. The highest BCUT2D eigenvalue weighted by molar-refractivity contribution is 5.19. The Kier molecular flexibility index (Phi) is 75.2. The Morgan fingerprint density at radius 2 is 0.711 bits per heavy atom. The third-order valence-electron chi connectivity index (χ3n) is 3.87. The number of aryl methyl sites for hydroxylation is 6. The zero-order valence-electron chi connectivity index (χ0n) is 27.5. The summed E-state index contributed by atoms with van der Waals surface area (Å²) in [5.74, 6) is 0. The topological polar surface area (TPSA) is 38.7 Å². The van der Waals surface area contributed by atoms with Crippen molar-refractivity contribution in [1.29, 1.82) is 0 Å². The standard InChI is InChI=1S/3C7H9N.6C2H6.2CH4/c2*1-6-3-4-8-5-7(6)2;1-6-4-3-5-8-7(6)2;6*1-2;;/h3*3-5H,1-2H3;6*1-2H3;2*1H4. The molecule has 3 rings (SSSR count). The van der Waals surface area contributed by atoms with Gasteiger partial charge in [0.1, 0.15) is 0 Å². The predicted octanol–water partition coefficient (Wildman–Crippen LogP) is 12.5. The van der Waals surface area contributed by atoms with Crippen molar-refractivity contribution in [2.45, 2.75) is 139 Å². The van der Waals surface area contributed by atoms with Gasteiger partial charge in [0, 0.05) is 36.7 Å². The molecular weight excluding hydrogens is 462 g/mol. The van der Waals surface area contributed by atoms with Gasteiger partial charge in [-0.15, -0.1) is 0 Å². The highest BCUT2D eigenvalue weighted by Crippen LogP contribution is 2.01. The van der Waals surface area contributed by atoms with Crippen molar-refractivity contribution < 1.29 is 0 Å². The van der Waals surface area contributed by atoms with Crippen molar-refractivity contribution >= 4 is 0 Å². The minimum absolute atomic E-state index is 0. The molecular formula is C35H71N3. The Morgan fingerprint density at radius 1 is 0.395 bits per heavy atom. The summed E-state index contributed by atoms with van der Waals surface area (Å²) < 4.78 is 0. The molecule has 0 bridgehead atoms. The second-order valence-electron chi connectivity index (χ2n) is 5.83. The summed E-state index contributed by atoms with van der Waals surface area (Å²) in [7, 11) is 0. The van der Waals surface area contributed by atoms with Gasteiger partial charge in [-0.05, 0) is 87.6 Å². The van der Waals surface area contributed by atoms with Crippen LogP contribution in [0.25, 0.3) is 0 Å². The number of pyridine rings is 3. The molecule has 226 valence electrons. The van der Waals surface area contributed by atoms with Gasteiger partial charge in [0.05, 0.1) is 0 Å². The Morgan fingerprint density at radius 3 is 0.868 bits per heavy atom. The summed E-state index contributed by atoms with van der Waals surface area (Å²) in [5, 5.41) is 0. The highest BCUT2D eigenvalue weighted by Gasteiger charge is 1.86. The monoisotopic (exact) mass is 534 g/mol. The van der Waals surface area contributed by atoms with Crippen molar-refractivity contribution in [2.75, 3.05) is 0 Å². The molecule has 0 aliphatic carbocycles. The number of hydrogen-bond acceptors (Lipinski definition) is 3. The summed E-state index contributed by atoms with van der Waals surface area (Å²) in [6.07, 6.45) is 9.16. The van der Waals surface area contributed by atoms with Gasteiger partial charge in [-0.1, -0.05) is 104 Å². The lowest BCUT2D eigenvalue weighted by Gasteiger charge is -1.92. The molecule has 3 heterocycles. The van der Waals surface area contributed by atoms with E-state index in [1.54, 1.807) is 0 Å². The predicted molar refractivity (Wildman–Crippen MR) is 183 cm³/mol. The van der Waals surface area contributed by atoms with Crippen LogP contribution in [0.5, 0.6) is 0 Å². The zero-order chi connectivity index (χ0) is 29.9. The first kappa shape index (κ1) is 55.8. The Labute approximate surface area is 243 Å². The van der Waals surface area contributed by atoms with E-state index in [9.17, 15) is 0 Å². The molecule has 3 aromatic rings. The third kappa shape index (κ3) is 38.0. The molecule has 0 radical (unpaired) electrons. The summed E-state index contributed by atoms with van der Waals surface area (Å²) in [5.41, 5.74) is 7.50. The average Bonchev–Trinajstić information content (AvgIpc) is 2.97. The Balaban J connectivity index is -0.0000000483. The van der Waals surface area contributed by atoms with E-state index in [0.29, 0.717) is 0 Å². The minimum Gasteiger partial charge on any atom is -0.264 e. The van der Waals surface area contributed by atoms with Crippen LogP contribution >= 0.6 is 0 Å². The molecule has 0 saturated carbocycles. The quantitative estimate of drug-likeness (QED) is 0.288. The molecule has 3 nitrogen and oxygen atoms in total. The lowest BCUT2D eigenvalue weighted by atomic mass is 10.2. The molecule has 0 saturated heterocycles. The van der Waals surface area contributed by atoms with E-state index in [1.807, 2.05) is 139 Å². The van der Waals surface area contributed by atoms with Crippen LogP contribution < -0.4 is 0 Å². The summed E-state index contributed by atoms with van der Waals surface area (Å²) in [6.45, 7) is 36.3. The fourth-order valence-electron chi connectivity index (χ4n) is 1.65. The van der Waals surface area contributed by atoms with Crippen LogP contribution in [0.2, 0.25) is 0 Å². The molecule has 0 fully saturated rings. The van der Waals surface area contributed by atoms with Crippen LogP contribution in [0.1, 0.15) is 131 Å². The number of aromatic nitrogens is 3. The maximum atomic E-state index is 4.08. The molecule has 0 aliphatic heterocycles. The highest BCUT2D eigenvalue weighted by atomic mass is 14.7. The van der Waals surface area contributed by atoms with Crippen LogP contribution in [0.4, 0.5) is 0 Å². The normalized spacial score (nSPS) is 6.79. The van der Waals surface area contributed by atoms with E-state index >= 15 is 0 Å². The third-order valence-corrected chi connectivity index (χ3v) is 3.87. The van der Waals surface area contributed by atoms with Crippen LogP contribution in [-0.4, -0.2) is 15.0 Å². The first-order chi connectivity index (χ1) is 17.4. The van der Waals surface area contributed by atoms with Crippen LogP contribution in [-0.2, 0) is 0 Å². The second-order valence-corrected chi connectivity index (χ2v) is 5.83. The molecule has 0 unspecified atom stereocenters. The number of nitrogens with zero attached hydrogens (tertiary/aromatic N) is 3. The molecule has 0 spiro atoms. The lowest BCUT2D eigenvalue weighted by molar-refractivity contribution is 1.15. The summed E-state index contributed by atoms with van der Waals surface area (Å²) in [6, 6.07) is 8.02. The summed E-state index contributed by atoms with van der Waals surface area (Å²) >= 11 is 0. The van der Waals surface area contributed by atoms with Gasteiger partial charge in [-0.25, -0.2) is 0 Å². The molecule has 0 N–H and O–H groups in total. The molecule has 0 amide bonds. The molecule has 38 heavy (non-hydrogen) atoms. The van der Waals surface area contributed by atoms with Crippen molar-refractivity contribution in [2.24, 2.45) is 0 Å². The van der Waals surface area contributed by atoms with Gasteiger partial charge < -0.3 is 0 Å². The molecule has 0 aromatic carbocycles. The van der Waals surface area contributed by atoms with Gasteiger partial charge in [-0.2, -0.15) is 0 Å². The van der Waals surface area contributed by atoms with Crippen molar-refractivity contribution in [3.05, 3.63) is 88.8 Å². The number of rotatable bonds is 0. The van der Waals surface area contributed by atoms with Gasteiger partial charge in [0.2, 0.25) is 0 Å². The van der Waals surface area contributed by atoms with E-state index in [1.165, 1.54) is 27.8 Å². The molecule has 3 heteroatoms. The smallest absolute Gasteiger partial charge is 0.0401 e. The van der Waals surface area contributed by atoms with E-state index in [-0.39, 0.29) is 14.9 Å². The zero-order valence-corrected chi connectivity index (χ0v) is 27.5. The van der Waals surface area contributed by atoms with E-state index in [4.69, 9.17) is 0 Å². The molecule has 0 aliphatic rings. The Bertz CT molecular complexity index is 587. The van der Waals surface area contributed by atoms with Crippen molar-refractivity contribution in [3.63, 3.8) is 0 Å². The van der Waals surface area contributed by atoms with Gasteiger partial charge in [0.25, 0.3) is 0 Å². The largest absolute Gasteiger partial charge is 0.264 e. The van der Waals surface area contributed by atoms with Gasteiger partial charge in [0.15, 0.2) is 0 Å². The lowest BCUT2D eigenvalue weighted by Crippen LogP contribution is -1.81. The van der Waals surface area contributed by atoms with Gasteiger partial charge >= 0.3 is 0 Å². The average molecular weight is 534 g/mol. The maximum Gasteiger partial charge on any atom is 0.0401 e. The van der Waals surface area contributed by atoms with Crippen molar-refractivity contribution in [3.8, 4) is 0 Å². The number of hydrogen-bond donors (Lipinski definition) is 0. The fourth-order valence-corrected chi connectivity index (χ4v) is 1.65. The maximum absolute atomic E-state index is 4.08. The first-order valence-corrected chi connectivity index (χ1v) is 14.0. The SMILES string of the molecule is C.C.CC.CC.CC.CC.CC.CC.Cc1cccnc1C.Cc1ccncc1C.Cc1ccncc1C. The van der Waals surface area contributed by atoms with E-state index in [2.05, 4.69) is 55.6 Å². The van der Waals surface area contributed by atoms with Crippen LogP contribution in [0, 0.1) is 41.5 Å². The van der Waals surface area contributed by atoms with E-state index < -0.39 is 0 Å². The van der Waals surface area contributed by atoms with Gasteiger partial charge in [-0.3, -0.25) is 15.0 Å². The molecule has 0 atom stereocenters. The summed E-state index contributed by atoms with van der Waals surface area (Å²) in [4.78, 5) is 12.0.